The summed E-state index contributed by atoms with van der Waals surface area (Å²) in [6.45, 7) is 4.19. The maximum absolute atomic E-state index is 12.0. The highest BCUT2D eigenvalue weighted by atomic mass is 16.3. The number of aromatic nitrogens is 1. The number of hydrogen-bond acceptors (Lipinski definition) is 4. The third kappa shape index (κ3) is 6.08. The van der Waals surface area contributed by atoms with E-state index in [4.69, 9.17) is 0 Å². The number of amides is 1. The lowest BCUT2D eigenvalue weighted by atomic mass is 10.1. The second-order valence-electron chi connectivity index (χ2n) is 5.70. The molecule has 0 aliphatic carbocycles. The first-order valence-corrected chi connectivity index (χ1v) is 7.76. The minimum Gasteiger partial charge on any atom is -0.392 e. The monoisotopic (exact) mass is 313 g/mol. The van der Waals surface area contributed by atoms with Crippen LogP contribution in [0.5, 0.6) is 0 Å². The average molecular weight is 313 g/mol. The Bertz CT molecular complexity index is 622. The Morgan fingerprint density at radius 3 is 2.57 bits per heavy atom. The average Bonchev–Trinajstić information content (AvgIpc) is 2.53. The molecule has 0 aliphatic heterocycles. The van der Waals surface area contributed by atoms with E-state index in [1.165, 1.54) is 5.56 Å². The second kappa shape index (κ2) is 8.29. The van der Waals surface area contributed by atoms with Gasteiger partial charge in [-0.2, -0.15) is 0 Å². The fourth-order valence-corrected chi connectivity index (χ4v) is 2.06. The quantitative estimate of drug-likeness (QED) is 0.735. The van der Waals surface area contributed by atoms with E-state index < -0.39 is 6.10 Å². The molecule has 3 N–H and O–H groups in total. The summed E-state index contributed by atoms with van der Waals surface area (Å²) in [6.07, 6.45) is 2.32. The number of nitrogens with one attached hydrogen (secondary N) is 2. The van der Waals surface area contributed by atoms with Crippen molar-refractivity contribution in [1.29, 1.82) is 0 Å². The van der Waals surface area contributed by atoms with E-state index in [1.807, 2.05) is 19.1 Å². The molecule has 5 heteroatoms. The molecular weight excluding hydrogens is 290 g/mol. The molecule has 1 atom stereocenters. The summed E-state index contributed by atoms with van der Waals surface area (Å²) in [4.78, 5) is 16.2. The normalized spacial score (nSPS) is 11.8. The molecule has 0 saturated heterocycles. The summed E-state index contributed by atoms with van der Waals surface area (Å²) >= 11 is 0. The number of carbonyl (C=O) groups excluding carboxylic acids is 1. The van der Waals surface area contributed by atoms with Gasteiger partial charge in [-0.05, 0) is 38.0 Å². The van der Waals surface area contributed by atoms with Gasteiger partial charge >= 0.3 is 0 Å². The highest BCUT2D eigenvalue weighted by molar-refractivity contribution is 5.90. The molecule has 0 spiro atoms. The van der Waals surface area contributed by atoms with Crippen molar-refractivity contribution < 1.29 is 9.90 Å². The summed E-state index contributed by atoms with van der Waals surface area (Å²) in [7, 11) is 0. The van der Waals surface area contributed by atoms with Gasteiger partial charge < -0.3 is 15.7 Å². The van der Waals surface area contributed by atoms with Gasteiger partial charge in [0, 0.05) is 13.0 Å². The number of hydrogen-bond donors (Lipinski definition) is 3. The standard InChI is InChI=1S/C18H23N3O2/c1-13-3-5-15(6-4-13)7-10-18(23)21-16-8-9-17(20-12-16)19-11-14(2)22/h3-6,8-9,12,14,22H,7,10-11H2,1-2H3,(H,19,20)(H,21,23). The van der Waals surface area contributed by atoms with E-state index in [0.717, 1.165) is 5.56 Å². The zero-order valence-corrected chi connectivity index (χ0v) is 13.5. The molecule has 2 aromatic rings. The van der Waals surface area contributed by atoms with Gasteiger partial charge in [0.15, 0.2) is 0 Å². The van der Waals surface area contributed by atoms with Crippen molar-refractivity contribution in [3.63, 3.8) is 0 Å². The zero-order chi connectivity index (χ0) is 16.7. The van der Waals surface area contributed by atoms with Crippen molar-refractivity contribution in [1.82, 2.24) is 4.98 Å². The van der Waals surface area contributed by atoms with E-state index in [9.17, 15) is 9.90 Å². The Balaban J connectivity index is 1.79. The molecule has 0 fully saturated rings. The van der Waals surface area contributed by atoms with Gasteiger partial charge in [0.2, 0.25) is 5.91 Å². The number of carbonyl (C=O) groups is 1. The predicted octanol–water partition coefficient (Wildman–Crippen LogP) is 2.75. The summed E-state index contributed by atoms with van der Waals surface area (Å²) in [6, 6.07) is 11.8. The van der Waals surface area contributed by atoms with Crippen molar-refractivity contribution in [3.05, 3.63) is 53.7 Å². The van der Waals surface area contributed by atoms with Crippen LogP contribution in [0.4, 0.5) is 11.5 Å². The third-order valence-electron chi connectivity index (χ3n) is 3.39. The van der Waals surface area contributed by atoms with Crippen LogP contribution in [-0.4, -0.2) is 28.6 Å². The Labute approximate surface area is 136 Å². The summed E-state index contributed by atoms with van der Waals surface area (Å²) < 4.78 is 0. The Hall–Kier alpha value is -2.40. The number of rotatable bonds is 7. The van der Waals surface area contributed by atoms with Crippen LogP contribution >= 0.6 is 0 Å². The van der Waals surface area contributed by atoms with Gasteiger partial charge in [0.05, 0.1) is 18.0 Å². The molecule has 0 bridgehead atoms. The molecule has 0 saturated carbocycles. The molecule has 122 valence electrons. The molecule has 1 heterocycles. The highest BCUT2D eigenvalue weighted by Crippen LogP contribution is 2.11. The number of aryl methyl sites for hydroxylation is 2. The molecule has 1 aromatic carbocycles. The van der Waals surface area contributed by atoms with E-state index in [2.05, 4.69) is 27.8 Å². The SMILES string of the molecule is Cc1ccc(CCC(=O)Nc2ccc(NCC(C)O)nc2)cc1. The summed E-state index contributed by atoms with van der Waals surface area (Å²) in [5.74, 6) is 0.639. The first-order valence-electron chi connectivity index (χ1n) is 7.76. The lowest BCUT2D eigenvalue weighted by molar-refractivity contribution is -0.116. The molecule has 23 heavy (non-hydrogen) atoms. The smallest absolute Gasteiger partial charge is 0.224 e. The van der Waals surface area contributed by atoms with Crippen molar-refractivity contribution in [2.75, 3.05) is 17.2 Å². The van der Waals surface area contributed by atoms with Gasteiger partial charge in [-0.25, -0.2) is 4.98 Å². The zero-order valence-electron chi connectivity index (χ0n) is 13.5. The number of aliphatic hydroxyl groups is 1. The molecule has 1 unspecified atom stereocenters. The molecule has 1 aromatic heterocycles. The van der Waals surface area contributed by atoms with Crippen LogP contribution in [0.15, 0.2) is 42.6 Å². The number of benzene rings is 1. The minimum absolute atomic E-state index is 0.0305. The Kier molecular flexibility index (Phi) is 6.11. The fraction of sp³-hybridized carbons (Fsp3) is 0.333. The van der Waals surface area contributed by atoms with Crippen LogP contribution in [0.1, 0.15) is 24.5 Å². The second-order valence-corrected chi connectivity index (χ2v) is 5.70. The van der Waals surface area contributed by atoms with Crippen LogP contribution in [0, 0.1) is 6.92 Å². The van der Waals surface area contributed by atoms with Crippen LogP contribution in [0.2, 0.25) is 0 Å². The molecular formula is C18H23N3O2. The minimum atomic E-state index is -0.432. The van der Waals surface area contributed by atoms with Crippen molar-refractivity contribution in [2.24, 2.45) is 0 Å². The van der Waals surface area contributed by atoms with Crippen LogP contribution < -0.4 is 10.6 Å². The predicted molar refractivity (Wildman–Crippen MR) is 92.5 cm³/mol. The van der Waals surface area contributed by atoms with E-state index in [0.29, 0.717) is 30.9 Å². The van der Waals surface area contributed by atoms with E-state index in [-0.39, 0.29) is 5.91 Å². The van der Waals surface area contributed by atoms with Crippen LogP contribution in [0.25, 0.3) is 0 Å². The third-order valence-corrected chi connectivity index (χ3v) is 3.39. The molecule has 5 nitrogen and oxygen atoms in total. The first-order chi connectivity index (χ1) is 11.0. The fourth-order valence-electron chi connectivity index (χ4n) is 2.06. The number of pyridine rings is 1. The van der Waals surface area contributed by atoms with Gasteiger partial charge in [-0.3, -0.25) is 4.79 Å². The van der Waals surface area contributed by atoms with Gasteiger partial charge in [0.25, 0.3) is 0 Å². The molecule has 0 aliphatic rings. The van der Waals surface area contributed by atoms with Gasteiger partial charge in [-0.15, -0.1) is 0 Å². The number of aliphatic hydroxyl groups excluding tert-OH is 1. The number of nitrogens with zero attached hydrogens (tertiary/aromatic N) is 1. The summed E-state index contributed by atoms with van der Waals surface area (Å²) in [5, 5.41) is 15.0. The maximum atomic E-state index is 12.0. The molecule has 2 rings (SSSR count). The Morgan fingerprint density at radius 1 is 1.22 bits per heavy atom. The van der Waals surface area contributed by atoms with Crippen molar-refractivity contribution in [2.45, 2.75) is 32.8 Å². The van der Waals surface area contributed by atoms with Crippen molar-refractivity contribution >= 4 is 17.4 Å². The Morgan fingerprint density at radius 2 is 1.96 bits per heavy atom. The largest absolute Gasteiger partial charge is 0.392 e. The topological polar surface area (TPSA) is 74.2 Å². The highest BCUT2D eigenvalue weighted by Gasteiger charge is 2.04. The summed E-state index contributed by atoms with van der Waals surface area (Å²) in [5.41, 5.74) is 3.04. The van der Waals surface area contributed by atoms with Gasteiger partial charge in [0.1, 0.15) is 5.82 Å². The maximum Gasteiger partial charge on any atom is 0.224 e. The van der Waals surface area contributed by atoms with Gasteiger partial charge in [-0.1, -0.05) is 29.8 Å². The van der Waals surface area contributed by atoms with E-state index in [1.54, 1.807) is 25.3 Å². The van der Waals surface area contributed by atoms with Crippen molar-refractivity contribution in [3.8, 4) is 0 Å². The molecule has 0 radical (unpaired) electrons. The number of anilines is 2. The van der Waals surface area contributed by atoms with Crippen LogP contribution in [0.3, 0.4) is 0 Å². The van der Waals surface area contributed by atoms with E-state index >= 15 is 0 Å². The van der Waals surface area contributed by atoms with Crippen LogP contribution in [-0.2, 0) is 11.2 Å². The lowest BCUT2D eigenvalue weighted by Crippen LogP contribution is -2.16. The lowest BCUT2D eigenvalue weighted by Gasteiger charge is -2.09. The molecule has 1 amide bonds. The first kappa shape index (κ1) is 17.0.